The third-order valence-corrected chi connectivity index (χ3v) is 2.27. The fraction of sp³-hybridized carbons (Fsp3) is 0.909. The molecule has 0 aromatic carbocycles. The SMILES string of the molecule is CC(C)(C)OC(=O)N1CC(C)(OCCN)C1. The van der Waals surface area contributed by atoms with Crippen LogP contribution in [0, 0.1) is 0 Å². The Hall–Kier alpha value is -0.810. The molecular weight excluding hydrogens is 208 g/mol. The monoisotopic (exact) mass is 230 g/mol. The number of rotatable bonds is 3. The van der Waals surface area contributed by atoms with Gasteiger partial charge in [0.1, 0.15) is 11.2 Å². The first-order valence-corrected chi connectivity index (χ1v) is 5.58. The normalized spacial score (nSPS) is 19.2. The fourth-order valence-electron chi connectivity index (χ4n) is 1.61. The highest BCUT2D eigenvalue weighted by Gasteiger charge is 2.43. The topological polar surface area (TPSA) is 64.8 Å². The molecule has 1 aliphatic rings. The first-order valence-electron chi connectivity index (χ1n) is 5.58. The van der Waals surface area contributed by atoms with Crippen LogP contribution < -0.4 is 5.73 Å². The van der Waals surface area contributed by atoms with Crippen LogP contribution in [0.5, 0.6) is 0 Å². The van der Waals surface area contributed by atoms with Crippen molar-refractivity contribution in [1.29, 1.82) is 0 Å². The van der Waals surface area contributed by atoms with E-state index in [1.807, 2.05) is 27.7 Å². The number of hydrogen-bond donors (Lipinski definition) is 1. The van der Waals surface area contributed by atoms with Crippen LogP contribution in [0.15, 0.2) is 0 Å². The third-order valence-electron chi connectivity index (χ3n) is 2.27. The summed E-state index contributed by atoms with van der Waals surface area (Å²) in [6, 6.07) is 0. The van der Waals surface area contributed by atoms with E-state index in [1.54, 1.807) is 4.90 Å². The molecule has 1 fully saturated rings. The molecular formula is C11H22N2O3. The minimum Gasteiger partial charge on any atom is -0.444 e. The van der Waals surface area contributed by atoms with E-state index in [4.69, 9.17) is 15.2 Å². The highest BCUT2D eigenvalue weighted by molar-refractivity contribution is 5.69. The predicted octanol–water partition coefficient (Wildman–Crippen LogP) is 0.971. The summed E-state index contributed by atoms with van der Waals surface area (Å²) in [5, 5.41) is 0. The van der Waals surface area contributed by atoms with E-state index in [9.17, 15) is 4.79 Å². The Labute approximate surface area is 96.9 Å². The Balaban J connectivity index is 2.32. The number of carbonyl (C=O) groups excluding carboxylic acids is 1. The lowest BCUT2D eigenvalue weighted by molar-refractivity contribution is -0.126. The van der Waals surface area contributed by atoms with Gasteiger partial charge in [-0.05, 0) is 27.7 Å². The fourth-order valence-corrected chi connectivity index (χ4v) is 1.61. The lowest BCUT2D eigenvalue weighted by Gasteiger charge is -2.47. The zero-order valence-electron chi connectivity index (χ0n) is 10.6. The molecule has 0 spiro atoms. The minimum atomic E-state index is -0.443. The molecule has 1 saturated heterocycles. The van der Waals surface area contributed by atoms with Gasteiger partial charge in [0.05, 0.1) is 19.7 Å². The summed E-state index contributed by atoms with van der Waals surface area (Å²) in [5.74, 6) is 0. The highest BCUT2D eigenvalue weighted by atomic mass is 16.6. The number of nitrogens with two attached hydrogens (primary N) is 1. The summed E-state index contributed by atoms with van der Waals surface area (Å²) in [5.41, 5.74) is 4.67. The van der Waals surface area contributed by atoms with Crippen LogP contribution in [0.25, 0.3) is 0 Å². The van der Waals surface area contributed by atoms with Crippen LogP contribution in [0.2, 0.25) is 0 Å². The van der Waals surface area contributed by atoms with Crippen molar-refractivity contribution in [2.75, 3.05) is 26.2 Å². The number of carbonyl (C=O) groups is 1. The van der Waals surface area contributed by atoms with Gasteiger partial charge in [0.25, 0.3) is 0 Å². The lowest BCUT2D eigenvalue weighted by atomic mass is 9.97. The first kappa shape index (κ1) is 13.3. The number of hydrogen-bond acceptors (Lipinski definition) is 4. The average molecular weight is 230 g/mol. The average Bonchev–Trinajstić information content (AvgIpc) is 2.07. The van der Waals surface area contributed by atoms with Crippen LogP contribution in [0.1, 0.15) is 27.7 Å². The van der Waals surface area contributed by atoms with Crippen LogP contribution in [-0.2, 0) is 9.47 Å². The first-order chi connectivity index (χ1) is 7.26. The lowest BCUT2D eigenvalue weighted by Crippen LogP contribution is -2.64. The van der Waals surface area contributed by atoms with Gasteiger partial charge < -0.3 is 20.1 Å². The van der Waals surface area contributed by atoms with E-state index in [1.165, 1.54) is 0 Å². The third kappa shape index (κ3) is 3.64. The molecule has 1 rings (SSSR count). The second-order valence-corrected chi connectivity index (χ2v) is 5.42. The summed E-state index contributed by atoms with van der Waals surface area (Å²) in [7, 11) is 0. The number of ether oxygens (including phenoxy) is 2. The molecule has 0 radical (unpaired) electrons. The number of likely N-dealkylation sites (tertiary alicyclic amines) is 1. The van der Waals surface area contributed by atoms with Gasteiger partial charge in [-0.15, -0.1) is 0 Å². The molecule has 1 aliphatic heterocycles. The number of amides is 1. The summed E-state index contributed by atoms with van der Waals surface area (Å²) >= 11 is 0. The summed E-state index contributed by atoms with van der Waals surface area (Å²) in [6.45, 7) is 9.71. The molecule has 5 nitrogen and oxygen atoms in total. The van der Waals surface area contributed by atoms with E-state index in [-0.39, 0.29) is 11.7 Å². The van der Waals surface area contributed by atoms with Crippen molar-refractivity contribution < 1.29 is 14.3 Å². The summed E-state index contributed by atoms with van der Waals surface area (Å²) < 4.78 is 10.8. The highest BCUT2D eigenvalue weighted by Crippen LogP contribution is 2.26. The van der Waals surface area contributed by atoms with Crippen molar-refractivity contribution >= 4 is 6.09 Å². The predicted molar refractivity (Wildman–Crippen MR) is 61.2 cm³/mol. The van der Waals surface area contributed by atoms with E-state index in [2.05, 4.69) is 0 Å². The maximum atomic E-state index is 11.6. The Morgan fingerprint density at radius 3 is 2.44 bits per heavy atom. The van der Waals surface area contributed by atoms with E-state index < -0.39 is 5.60 Å². The summed E-state index contributed by atoms with van der Waals surface area (Å²) in [4.78, 5) is 13.3. The van der Waals surface area contributed by atoms with Crippen LogP contribution >= 0.6 is 0 Å². The maximum Gasteiger partial charge on any atom is 0.410 e. The molecule has 0 atom stereocenters. The van der Waals surface area contributed by atoms with Crippen LogP contribution in [0.3, 0.4) is 0 Å². The molecule has 0 aromatic heterocycles. The molecule has 2 N–H and O–H groups in total. The zero-order valence-corrected chi connectivity index (χ0v) is 10.6. The largest absolute Gasteiger partial charge is 0.444 e. The van der Waals surface area contributed by atoms with Crippen molar-refractivity contribution in [2.24, 2.45) is 5.73 Å². The van der Waals surface area contributed by atoms with Crippen molar-refractivity contribution in [3.05, 3.63) is 0 Å². The molecule has 0 saturated carbocycles. The Kier molecular flexibility index (Phi) is 3.80. The second-order valence-electron chi connectivity index (χ2n) is 5.42. The molecule has 5 heteroatoms. The molecule has 0 aromatic rings. The van der Waals surface area contributed by atoms with Gasteiger partial charge in [0, 0.05) is 6.54 Å². The molecule has 1 heterocycles. The second kappa shape index (κ2) is 4.59. The Bertz CT molecular complexity index is 254. The smallest absolute Gasteiger partial charge is 0.410 e. The standard InChI is InChI=1S/C11H22N2O3/c1-10(2,3)16-9(14)13-7-11(4,8-13)15-6-5-12/h5-8,12H2,1-4H3. The van der Waals surface area contributed by atoms with Crippen molar-refractivity contribution in [3.63, 3.8) is 0 Å². The molecule has 0 bridgehead atoms. The molecule has 16 heavy (non-hydrogen) atoms. The van der Waals surface area contributed by atoms with Gasteiger partial charge >= 0.3 is 6.09 Å². The van der Waals surface area contributed by atoms with Crippen molar-refractivity contribution in [3.8, 4) is 0 Å². The van der Waals surface area contributed by atoms with E-state index in [0.717, 1.165) is 0 Å². The Morgan fingerprint density at radius 2 is 2.00 bits per heavy atom. The van der Waals surface area contributed by atoms with Gasteiger partial charge in [0.2, 0.25) is 0 Å². The van der Waals surface area contributed by atoms with Gasteiger partial charge in [0.15, 0.2) is 0 Å². The van der Waals surface area contributed by atoms with E-state index in [0.29, 0.717) is 26.2 Å². The van der Waals surface area contributed by atoms with Crippen molar-refractivity contribution in [1.82, 2.24) is 4.90 Å². The summed E-state index contributed by atoms with van der Waals surface area (Å²) in [6.07, 6.45) is -0.277. The number of nitrogens with zero attached hydrogens (tertiary/aromatic N) is 1. The molecule has 0 unspecified atom stereocenters. The van der Waals surface area contributed by atoms with Gasteiger partial charge in [-0.1, -0.05) is 0 Å². The quantitative estimate of drug-likeness (QED) is 0.784. The van der Waals surface area contributed by atoms with Crippen LogP contribution in [0.4, 0.5) is 4.79 Å². The molecule has 0 aliphatic carbocycles. The molecule has 1 amide bonds. The van der Waals surface area contributed by atoms with E-state index >= 15 is 0 Å². The van der Waals surface area contributed by atoms with Gasteiger partial charge in [-0.2, -0.15) is 0 Å². The maximum absolute atomic E-state index is 11.6. The zero-order chi connectivity index (χ0) is 12.4. The van der Waals surface area contributed by atoms with Crippen LogP contribution in [-0.4, -0.2) is 48.4 Å². The van der Waals surface area contributed by atoms with Gasteiger partial charge in [-0.25, -0.2) is 4.79 Å². The van der Waals surface area contributed by atoms with Gasteiger partial charge in [-0.3, -0.25) is 0 Å². The minimum absolute atomic E-state index is 0.254. The Morgan fingerprint density at radius 1 is 1.44 bits per heavy atom. The molecule has 94 valence electrons. The van der Waals surface area contributed by atoms with Crippen molar-refractivity contribution in [2.45, 2.75) is 38.9 Å².